The lowest BCUT2D eigenvalue weighted by Crippen LogP contribution is -2.34. The molecule has 0 saturated carbocycles. The number of benzene rings is 1. The number of hydrogen-bond acceptors (Lipinski definition) is 3. The second-order valence-corrected chi connectivity index (χ2v) is 7.91. The number of hydrogen-bond donors (Lipinski definition) is 0. The molecule has 0 spiro atoms. The first-order valence-electron chi connectivity index (χ1n) is 8.30. The Balaban J connectivity index is 1.87. The molecule has 1 aliphatic heterocycles. The average Bonchev–Trinajstić information content (AvgIpc) is 3.02. The van der Waals surface area contributed by atoms with E-state index in [1.807, 2.05) is 11.8 Å². The molecule has 1 atom stereocenters. The third-order valence-electron chi connectivity index (χ3n) is 4.49. The van der Waals surface area contributed by atoms with Crippen LogP contribution in [0.4, 0.5) is 0 Å². The molecule has 0 aliphatic carbocycles. The molecule has 1 fully saturated rings. The summed E-state index contributed by atoms with van der Waals surface area (Å²) in [5.74, 6) is 0.243. The largest absolute Gasteiger partial charge is 0.342 e. The fraction of sp³-hybridized carbons (Fsp3) is 0.474. The summed E-state index contributed by atoms with van der Waals surface area (Å²) in [5, 5.41) is 2.08. The Morgan fingerprint density at radius 1 is 1.13 bits per heavy atom. The van der Waals surface area contributed by atoms with Gasteiger partial charge in [0.2, 0.25) is 5.91 Å². The number of likely N-dealkylation sites (tertiary alicyclic amines) is 1. The first-order chi connectivity index (χ1) is 11.0. The molecule has 0 radical (unpaired) electrons. The zero-order chi connectivity index (χ0) is 16.6. The summed E-state index contributed by atoms with van der Waals surface area (Å²) in [5.41, 5.74) is 4.74. The molecule has 1 saturated heterocycles. The van der Waals surface area contributed by atoms with Crippen molar-refractivity contribution in [2.75, 3.05) is 13.1 Å². The number of pyridine rings is 1. The number of aryl methyl sites for hydroxylation is 3. The third-order valence-corrected chi connectivity index (χ3v) is 5.50. The van der Waals surface area contributed by atoms with E-state index in [1.54, 1.807) is 11.8 Å². The van der Waals surface area contributed by atoms with E-state index < -0.39 is 0 Å². The van der Waals surface area contributed by atoms with Gasteiger partial charge < -0.3 is 4.90 Å². The lowest BCUT2D eigenvalue weighted by atomic mass is 10.0. The van der Waals surface area contributed by atoms with Crippen molar-refractivity contribution in [3.05, 3.63) is 34.9 Å². The van der Waals surface area contributed by atoms with Crippen molar-refractivity contribution in [1.29, 1.82) is 0 Å². The van der Waals surface area contributed by atoms with Crippen LogP contribution in [0.3, 0.4) is 0 Å². The second kappa shape index (κ2) is 6.52. The molecule has 0 unspecified atom stereocenters. The van der Waals surface area contributed by atoms with Crippen LogP contribution >= 0.6 is 11.8 Å². The third kappa shape index (κ3) is 3.37. The molecule has 1 aliphatic rings. The van der Waals surface area contributed by atoms with Gasteiger partial charge in [-0.15, -0.1) is 0 Å². The van der Waals surface area contributed by atoms with Crippen molar-refractivity contribution in [2.24, 2.45) is 0 Å². The van der Waals surface area contributed by atoms with E-state index in [2.05, 4.69) is 39.0 Å². The number of thioether (sulfide) groups is 1. The van der Waals surface area contributed by atoms with Crippen molar-refractivity contribution in [3.8, 4) is 0 Å². The van der Waals surface area contributed by atoms with Gasteiger partial charge in [0.1, 0.15) is 0 Å². The Hall–Kier alpha value is -1.55. The Morgan fingerprint density at radius 3 is 2.52 bits per heavy atom. The van der Waals surface area contributed by atoms with Crippen LogP contribution in [0.1, 0.15) is 36.5 Å². The highest BCUT2D eigenvalue weighted by Crippen LogP contribution is 2.30. The summed E-state index contributed by atoms with van der Waals surface area (Å²) >= 11 is 1.58. The predicted octanol–water partition coefficient (Wildman–Crippen LogP) is 4.26. The van der Waals surface area contributed by atoms with Gasteiger partial charge >= 0.3 is 0 Å². The summed E-state index contributed by atoms with van der Waals surface area (Å²) in [7, 11) is 0. The van der Waals surface area contributed by atoms with Gasteiger partial charge in [-0.05, 0) is 63.8 Å². The van der Waals surface area contributed by atoms with E-state index in [-0.39, 0.29) is 11.2 Å². The molecule has 2 aromatic rings. The molecule has 122 valence electrons. The van der Waals surface area contributed by atoms with Gasteiger partial charge in [0.05, 0.1) is 15.8 Å². The summed E-state index contributed by atoms with van der Waals surface area (Å²) in [6.45, 7) is 10.2. The molecule has 0 N–H and O–H groups in total. The number of amides is 1. The average molecular weight is 328 g/mol. The van der Waals surface area contributed by atoms with E-state index in [9.17, 15) is 4.79 Å². The number of aromatic nitrogens is 1. The van der Waals surface area contributed by atoms with E-state index in [1.165, 1.54) is 22.1 Å². The van der Waals surface area contributed by atoms with Crippen molar-refractivity contribution >= 4 is 28.6 Å². The molecule has 1 aromatic heterocycles. The van der Waals surface area contributed by atoms with Crippen LogP contribution in [-0.4, -0.2) is 34.1 Å². The highest BCUT2D eigenvalue weighted by atomic mass is 32.2. The van der Waals surface area contributed by atoms with E-state index in [0.29, 0.717) is 0 Å². The molecule has 4 heteroatoms. The van der Waals surface area contributed by atoms with E-state index >= 15 is 0 Å². The van der Waals surface area contributed by atoms with Crippen LogP contribution in [0, 0.1) is 20.8 Å². The maximum Gasteiger partial charge on any atom is 0.235 e. The van der Waals surface area contributed by atoms with Crippen molar-refractivity contribution in [3.63, 3.8) is 0 Å². The van der Waals surface area contributed by atoms with Crippen LogP contribution in [-0.2, 0) is 4.79 Å². The minimum absolute atomic E-state index is 0.0804. The molecule has 2 heterocycles. The standard InChI is InChI=1S/C19H24N2OS/c1-12-9-14(3)18-16(10-12)13(2)11-17(20-18)23-15(4)19(22)21-7-5-6-8-21/h9-11,15H,5-8H2,1-4H3/t15-/m1/s1. The van der Waals surface area contributed by atoms with E-state index in [4.69, 9.17) is 4.98 Å². The number of carbonyl (C=O) groups is 1. The smallest absolute Gasteiger partial charge is 0.235 e. The van der Waals surface area contributed by atoms with Crippen LogP contribution in [0.2, 0.25) is 0 Å². The molecule has 1 amide bonds. The van der Waals surface area contributed by atoms with Crippen LogP contribution < -0.4 is 0 Å². The second-order valence-electron chi connectivity index (χ2n) is 6.55. The molecule has 1 aromatic carbocycles. The molecular weight excluding hydrogens is 304 g/mol. The zero-order valence-electron chi connectivity index (χ0n) is 14.3. The van der Waals surface area contributed by atoms with Crippen molar-refractivity contribution in [2.45, 2.75) is 50.8 Å². The topological polar surface area (TPSA) is 33.2 Å². The maximum atomic E-state index is 12.5. The first-order valence-corrected chi connectivity index (χ1v) is 9.17. The summed E-state index contributed by atoms with van der Waals surface area (Å²) in [6, 6.07) is 6.47. The van der Waals surface area contributed by atoms with Gasteiger partial charge in [-0.25, -0.2) is 4.98 Å². The highest BCUT2D eigenvalue weighted by molar-refractivity contribution is 8.00. The van der Waals surface area contributed by atoms with Gasteiger partial charge in [-0.1, -0.05) is 23.4 Å². The predicted molar refractivity (Wildman–Crippen MR) is 97.1 cm³/mol. The molecule has 23 heavy (non-hydrogen) atoms. The van der Waals surface area contributed by atoms with Crippen LogP contribution in [0.15, 0.2) is 23.2 Å². The number of carbonyl (C=O) groups excluding carboxylic acids is 1. The quantitative estimate of drug-likeness (QED) is 0.789. The molecule has 3 nitrogen and oxygen atoms in total. The van der Waals surface area contributed by atoms with E-state index in [0.717, 1.165) is 36.5 Å². The van der Waals surface area contributed by atoms with Crippen molar-refractivity contribution in [1.82, 2.24) is 9.88 Å². The molecule has 3 rings (SSSR count). The minimum Gasteiger partial charge on any atom is -0.342 e. The van der Waals surface area contributed by atoms with Gasteiger partial charge in [0, 0.05) is 18.5 Å². The number of nitrogens with zero attached hydrogens (tertiary/aromatic N) is 2. The van der Waals surface area contributed by atoms with Gasteiger partial charge in [-0.3, -0.25) is 4.79 Å². The van der Waals surface area contributed by atoms with Crippen molar-refractivity contribution < 1.29 is 4.79 Å². The van der Waals surface area contributed by atoms with Gasteiger partial charge in [0.25, 0.3) is 0 Å². The normalized spacial score (nSPS) is 16.1. The highest BCUT2D eigenvalue weighted by Gasteiger charge is 2.24. The number of fused-ring (bicyclic) bond motifs is 1. The monoisotopic (exact) mass is 328 g/mol. The van der Waals surface area contributed by atoms with Crippen LogP contribution in [0.25, 0.3) is 10.9 Å². The Labute approximate surface area is 142 Å². The van der Waals surface area contributed by atoms with Crippen LogP contribution in [0.5, 0.6) is 0 Å². The minimum atomic E-state index is -0.0804. The van der Waals surface area contributed by atoms with Gasteiger partial charge in [-0.2, -0.15) is 0 Å². The Bertz CT molecular complexity index is 751. The fourth-order valence-electron chi connectivity index (χ4n) is 3.30. The molecule has 0 bridgehead atoms. The first kappa shape index (κ1) is 16.3. The summed E-state index contributed by atoms with van der Waals surface area (Å²) in [6.07, 6.45) is 2.27. The fourth-order valence-corrected chi connectivity index (χ4v) is 4.30. The summed E-state index contributed by atoms with van der Waals surface area (Å²) in [4.78, 5) is 19.3. The SMILES string of the molecule is Cc1cc(C)c2nc(S[C@H](C)C(=O)N3CCCC3)cc(C)c2c1. The maximum absolute atomic E-state index is 12.5. The number of rotatable bonds is 3. The lowest BCUT2D eigenvalue weighted by Gasteiger charge is -2.20. The Morgan fingerprint density at radius 2 is 1.83 bits per heavy atom. The Kier molecular flexibility index (Phi) is 4.62. The summed E-state index contributed by atoms with van der Waals surface area (Å²) < 4.78 is 0. The van der Waals surface area contributed by atoms with Gasteiger partial charge in [0.15, 0.2) is 0 Å². The molecular formula is C19H24N2OS. The zero-order valence-corrected chi connectivity index (χ0v) is 15.2. The lowest BCUT2D eigenvalue weighted by molar-refractivity contribution is -0.129.